The zero-order valence-corrected chi connectivity index (χ0v) is 25.5. The van der Waals surface area contributed by atoms with Crippen LogP contribution in [-0.4, -0.2) is 38.3 Å². The molecule has 0 unspecified atom stereocenters. The Kier molecular flexibility index (Phi) is 9.25. The number of nitrogens with zero attached hydrogens (tertiary/aromatic N) is 1. The van der Waals surface area contributed by atoms with Gasteiger partial charge in [-0.2, -0.15) is 0 Å². The van der Waals surface area contributed by atoms with E-state index in [2.05, 4.69) is 0 Å². The standard InChI is InChI=1S/C28H28BF3NO4.K/c1-17-23(26(34)37-28(2,3)4)14-18(29(30,31)32)15-25(17)33(5)27(35)36-16-24-21-12-8-6-10-19(21)20-11-7-9-13-22(20)24;/h6-15,24H,16H2,1-5H3;/q-1;+1. The van der Waals surface area contributed by atoms with Crippen molar-refractivity contribution in [1.82, 2.24) is 0 Å². The average molecular weight is 549 g/mol. The first kappa shape index (κ1) is 30.4. The molecular weight excluding hydrogens is 521 g/mol. The summed E-state index contributed by atoms with van der Waals surface area (Å²) in [5.74, 6) is -1.10. The Morgan fingerprint density at radius 3 is 1.97 bits per heavy atom. The Morgan fingerprint density at radius 2 is 1.47 bits per heavy atom. The number of ether oxygens (including phenoxy) is 2. The summed E-state index contributed by atoms with van der Waals surface area (Å²) in [4.78, 5) is 26.8. The number of halogens is 3. The van der Waals surface area contributed by atoms with Crippen LogP contribution in [-0.2, 0) is 9.47 Å². The molecule has 0 heterocycles. The molecule has 38 heavy (non-hydrogen) atoms. The molecule has 10 heteroatoms. The fraction of sp³-hybridized carbons (Fsp3) is 0.286. The molecular formula is C28H28BF3KNO4. The number of hydrogen-bond acceptors (Lipinski definition) is 4. The van der Waals surface area contributed by atoms with Crippen LogP contribution < -0.4 is 61.7 Å². The van der Waals surface area contributed by atoms with Gasteiger partial charge in [0, 0.05) is 18.7 Å². The third kappa shape index (κ3) is 6.37. The third-order valence-electron chi connectivity index (χ3n) is 6.37. The molecule has 0 atom stereocenters. The van der Waals surface area contributed by atoms with Gasteiger partial charge in [0.05, 0.1) is 5.56 Å². The fourth-order valence-corrected chi connectivity index (χ4v) is 4.59. The maximum absolute atomic E-state index is 13.8. The average Bonchev–Trinajstić information content (AvgIpc) is 3.14. The Labute approximate surface area is 263 Å². The molecule has 0 bridgehead atoms. The molecule has 0 fully saturated rings. The van der Waals surface area contributed by atoms with Crippen LogP contribution in [0.1, 0.15) is 53.7 Å². The van der Waals surface area contributed by atoms with Crippen molar-refractivity contribution in [2.24, 2.45) is 0 Å². The van der Waals surface area contributed by atoms with E-state index in [1.165, 1.54) is 14.0 Å². The third-order valence-corrected chi connectivity index (χ3v) is 6.37. The largest absolute Gasteiger partial charge is 1.00 e. The van der Waals surface area contributed by atoms with E-state index in [9.17, 15) is 22.5 Å². The summed E-state index contributed by atoms with van der Waals surface area (Å²) < 4.78 is 52.2. The van der Waals surface area contributed by atoms with Gasteiger partial charge < -0.3 is 22.4 Å². The molecule has 0 radical (unpaired) electrons. The van der Waals surface area contributed by atoms with Crippen LogP contribution >= 0.6 is 0 Å². The molecule has 1 amide bonds. The maximum Gasteiger partial charge on any atom is 1.00 e. The molecule has 1 aliphatic rings. The molecule has 5 nitrogen and oxygen atoms in total. The first-order valence-electron chi connectivity index (χ1n) is 11.9. The van der Waals surface area contributed by atoms with Crippen molar-refractivity contribution < 1.29 is 83.4 Å². The molecule has 194 valence electrons. The van der Waals surface area contributed by atoms with Crippen molar-refractivity contribution in [3.63, 3.8) is 0 Å². The Hall–Kier alpha value is -2.11. The van der Waals surface area contributed by atoms with Gasteiger partial charge >= 0.3 is 70.4 Å². The number of hydrogen-bond donors (Lipinski definition) is 0. The van der Waals surface area contributed by atoms with Crippen molar-refractivity contribution in [2.45, 2.75) is 39.2 Å². The topological polar surface area (TPSA) is 55.8 Å². The molecule has 0 saturated heterocycles. The molecule has 0 aliphatic heterocycles. The van der Waals surface area contributed by atoms with E-state index in [4.69, 9.17) is 9.47 Å². The van der Waals surface area contributed by atoms with Crippen LogP contribution in [0.4, 0.5) is 23.4 Å². The van der Waals surface area contributed by atoms with E-state index in [1.54, 1.807) is 20.8 Å². The van der Waals surface area contributed by atoms with Gasteiger partial charge in [-0.15, -0.1) is 5.46 Å². The number of anilines is 1. The summed E-state index contributed by atoms with van der Waals surface area (Å²) in [6.07, 6.45) is -0.827. The van der Waals surface area contributed by atoms with Crippen LogP contribution in [0.3, 0.4) is 0 Å². The Bertz CT molecular complexity index is 1330. The van der Waals surface area contributed by atoms with Crippen molar-refractivity contribution in [2.75, 3.05) is 18.6 Å². The molecule has 1 aliphatic carbocycles. The smallest absolute Gasteiger partial charge is 0.456 e. The van der Waals surface area contributed by atoms with Crippen molar-refractivity contribution >= 4 is 30.2 Å². The quantitative estimate of drug-likeness (QED) is 0.362. The van der Waals surface area contributed by atoms with Gasteiger partial charge in [0.2, 0.25) is 0 Å². The number of fused-ring (bicyclic) bond motifs is 3. The van der Waals surface area contributed by atoms with Gasteiger partial charge in [-0.05, 0) is 55.5 Å². The Balaban J connectivity index is 0.00000400. The minimum atomic E-state index is -5.44. The molecule has 0 saturated carbocycles. The van der Waals surface area contributed by atoms with E-state index in [0.29, 0.717) is 0 Å². The van der Waals surface area contributed by atoms with Gasteiger partial charge in [0.25, 0.3) is 0 Å². The summed E-state index contributed by atoms with van der Waals surface area (Å²) in [5, 5.41) is 0. The summed E-state index contributed by atoms with van der Waals surface area (Å²) in [7, 11) is 1.33. The first-order chi connectivity index (χ1) is 17.3. The van der Waals surface area contributed by atoms with Crippen LogP contribution in [0.25, 0.3) is 11.1 Å². The van der Waals surface area contributed by atoms with Crippen LogP contribution in [0.2, 0.25) is 0 Å². The number of esters is 1. The monoisotopic (exact) mass is 549 g/mol. The fourth-order valence-electron chi connectivity index (χ4n) is 4.59. The van der Waals surface area contributed by atoms with Gasteiger partial charge in [-0.1, -0.05) is 60.7 Å². The predicted octanol–water partition coefficient (Wildman–Crippen LogP) is 3.39. The second kappa shape index (κ2) is 11.6. The van der Waals surface area contributed by atoms with Gasteiger partial charge in [-0.3, -0.25) is 4.90 Å². The normalized spacial score (nSPS) is 12.7. The number of rotatable bonds is 5. The molecule has 0 spiro atoms. The zero-order chi connectivity index (χ0) is 27.1. The molecule has 3 aromatic carbocycles. The van der Waals surface area contributed by atoms with Gasteiger partial charge in [0.15, 0.2) is 0 Å². The predicted molar refractivity (Wildman–Crippen MR) is 139 cm³/mol. The SMILES string of the molecule is Cc1c(C(=O)OC(C)(C)C)cc([B-](F)(F)F)cc1N(C)C(=O)OCC1c2ccccc2-c2ccccc21.[K+]. The van der Waals surface area contributed by atoms with E-state index < -0.39 is 30.1 Å². The van der Waals surface area contributed by atoms with Crippen LogP contribution in [0, 0.1) is 6.92 Å². The second-order valence-corrected chi connectivity index (χ2v) is 10.2. The van der Waals surface area contributed by atoms with Crippen molar-refractivity contribution in [3.05, 3.63) is 82.9 Å². The summed E-state index contributed by atoms with van der Waals surface area (Å²) in [6, 6.07) is 17.3. The number of benzene rings is 3. The number of carbonyl (C=O) groups is 2. The molecule has 4 rings (SSSR count). The van der Waals surface area contributed by atoms with E-state index in [1.807, 2.05) is 48.5 Å². The van der Waals surface area contributed by atoms with E-state index >= 15 is 0 Å². The maximum atomic E-state index is 13.8. The molecule has 0 N–H and O–H groups in total. The van der Waals surface area contributed by atoms with E-state index in [0.717, 1.165) is 39.3 Å². The summed E-state index contributed by atoms with van der Waals surface area (Å²) in [5.41, 5.74) is 2.12. The molecule has 0 aromatic heterocycles. The minimum absolute atomic E-state index is 0. The molecule has 3 aromatic rings. The van der Waals surface area contributed by atoms with Crippen LogP contribution in [0.5, 0.6) is 0 Å². The first-order valence-corrected chi connectivity index (χ1v) is 11.9. The summed E-state index contributed by atoms with van der Waals surface area (Å²) in [6.45, 7) is 0.929. The summed E-state index contributed by atoms with van der Waals surface area (Å²) >= 11 is 0. The van der Waals surface area contributed by atoms with Gasteiger partial charge in [0.1, 0.15) is 12.2 Å². The number of amides is 1. The van der Waals surface area contributed by atoms with Gasteiger partial charge in [-0.25, -0.2) is 9.59 Å². The zero-order valence-electron chi connectivity index (χ0n) is 22.3. The Morgan fingerprint density at radius 1 is 0.947 bits per heavy atom. The van der Waals surface area contributed by atoms with Crippen LogP contribution in [0.15, 0.2) is 60.7 Å². The minimum Gasteiger partial charge on any atom is -0.456 e. The van der Waals surface area contributed by atoms with Crippen molar-refractivity contribution in [1.29, 1.82) is 0 Å². The number of carbonyl (C=O) groups excluding carboxylic acids is 2. The second-order valence-electron chi connectivity index (χ2n) is 10.2. The van der Waals surface area contributed by atoms with Crippen molar-refractivity contribution in [3.8, 4) is 11.1 Å². The van der Waals surface area contributed by atoms with E-state index in [-0.39, 0.29) is 80.7 Å².